The molecule has 0 heterocycles. The van der Waals surface area contributed by atoms with E-state index in [1.54, 1.807) is 0 Å². The fourth-order valence-electron chi connectivity index (χ4n) is 2.82. The van der Waals surface area contributed by atoms with Crippen LogP contribution in [0.1, 0.15) is 43.7 Å². The molecule has 1 saturated carbocycles. The van der Waals surface area contributed by atoms with Crippen LogP contribution < -0.4 is 10.6 Å². The Morgan fingerprint density at radius 2 is 1.95 bits per heavy atom. The summed E-state index contributed by atoms with van der Waals surface area (Å²) in [4.78, 5) is 12.0. The summed E-state index contributed by atoms with van der Waals surface area (Å²) in [6, 6.07) is 6.56. The van der Waals surface area contributed by atoms with Gasteiger partial charge >= 0.3 is 0 Å². The minimum atomic E-state index is 0.0991. The van der Waals surface area contributed by atoms with Crippen molar-refractivity contribution in [2.24, 2.45) is 5.92 Å². The average molecular weight is 274 g/mol. The molecule has 0 saturated heterocycles. The largest absolute Gasteiger partial charge is 0.376 e. The molecule has 1 aliphatic carbocycles. The molecule has 1 amide bonds. The van der Waals surface area contributed by atoms with Crippen LogP contribution in [0.25, 0.3) is 0 Å². The quantitative estimate of drug-likeness (QED) is 0.883. The van der Waals surface area contributed by atoms with Crippen molar-refractivity contribution >= 4 is 11.6 Å². The minimum absolute atomic E-state index is 0.0991. The monoisotopic (exact) mass is 274 g/mol. The smallest absolute Gasteiger partial charge is 0.239 e. The number of benzene rings is 1. The zero-order valence-corrected chi connectivity index (χ0v) is 12.8. The Kier molecular flexibility index (Phi) is 5.05. The van der Waals surface area contributed by atoms with Crippen LogP contribution in [0, 0.1) is 19.8 Å². The number of rotatable bonds is 4. The van der Waals surface area contributed by atoms with Gasteiger partial charge in [-0.15, -0.1) is 0 Å². The van der Waals surface area contributed by atoms with Crippen LogP contribution in [0.15, 0.2) is 18.2 Å². The van der Waals surface area contributed by atoms with Crippen LogP contribution in [-0.2, 0) is 4.79 Å². The number of amides is 1. The van der Waals surface area contributed by atoms with Crippen molar-refractivity contribution in [3.05, 3.63) is 29.3 Å². The summed E-state index contributed by atoms with van der Waals surface area (Å²) in [7, 11) is 0. The molecule has 1 aromatic rings. The van der Waals surface area contributed by atoms with Gasteiger partial charge in [0.05, 0.1) is 6.54 Å². The first-order valence-electron chi connectivity index (χ1n) is 7.67. The number of carbonyl (C=O) groups is 1. The molecule has 2 atom stereocenters. The highest BCUT2D eigenvalue weighted by Gasteiger charge is 2.22. The summed E-state index contributed by atoms with van der Waals surface area (Å²) in [6.45, 7) is 6.77. The van der Waals surface area contributed by atoms with Gasteiger partial charge in [-0.25, -0.2) is 0 Å². The molecule has 1 aromatic carbocycles. The van der Waals surface area contributed by atoms with Gasteiger partial charge in [0, 0.05) is 11.7 Å². The third kappa shape index (κ3) is 3.99. The summed E-state index contributed by atoms with van der Waals surface area (Å²) >= 11 is 0. The molecule has 20 heavy (non-hydrogen) atoms. The highest BCUT2D eigenvalue weighted by Crippen LogP contribution is 2.23. The first-order chi connectivity index (χ1) is 9.56. The summed E-state index contributed by atoms with van der Waals surface area (Å²) in [6.07, 6.45) is 4.89. The van der Waals surface area contributed by atoms with Crippen molar-refractivity contribution in [3.8, 4) is 0 Å². The molecule has 3 heteroatoms. The second-order valence-electron chi connectivity index (χ2n) is 6.09. The molecule has 110 valence electrons. The molecule has 1 aliphatic rings. The predicted molar refractivity (Wildman–Crippen MR) is 84.0 cm³/mol. The molecule has 2 unspecified atom stereocenters. The molecular weight excluding hydrogens is 248 g/mol. The van der Waals surface area contributed by atoms with E-state index in [9.17, 15) is 4.79 Å². The number of carbonyl (C=O) groups excluding carboxylic acids is 1. The van der Waals surface area contributed by atoms with E-state index < -0.39 is 0 Å². The van der Waals surface area contributed by atoms with Gasteiger partial charge in [0.15, 0.2) is 0 Å². The Hall–Kier alpha value is -1.51. The van der Waals surface area contributed by atoms with Crippen molar-refractivity contribution in [1.29, 1.82) is 0 Å². The second-order valence-corrected chi connectivity index (χ2v) is 6.09. The topological polar surface area (TPSA) is 41.1 Å². The van der Waals surface area contributed by atoms with Crippen molar-refractivity contribution in [3.63, 3.8) is 0 Å². The van der Waals surface area contributed by atoms with E-state index in [1.165, 1.54) is 30.4 Å². The Balaban J connectivity index is 1.81. The van der Waals surface area contributed by atoms with Crippen LogP contribution in [0.3, 0.4) is 0 Å². The molecule has 0 spiro atoms. The molecule has 0 aromatic heterocycles. The molecule has 3 nitrogen and oxygen atoms in total. The molecule has 2 N–H and O–H groups in total. The van der Waals surface area contributed by atoms with Gasteiger partial charge in [0.2, 0.25) is 5.91 Å². The Labute approximate surface area is 122 Å². The van der Waals surface area contributed by atoms with Crippen molar-refractivity contribution < 1.29 is 4.79 Å². The zero-order chi connectivity index (χ0) is 14.5. The van der Waals surface area contributed by atoms with Gasteiger partial charge in [-0.2, -0.15) is 0 Å². The van der Waals surface area contributed by atoms with E-state index in [4.69, 9.17) is 0 Å². The first-order valence-corrected chi connectivity index (χ1v) is 7.67. The number of hydrogen-bond acceptors (Lipinski definition) is 2. The second kappa shape index (κ2) is 6.78. The lowest BCUT2D eigenvalue weighted by Crippen LogP contribution is -2.43. The van der Waals surface area contributed by atoms with E-state index in [-0.39, 0.29) is 5.91 Å². The van der Waals surface area contributed by atoms with Crippen molar-refractivity contribution in [2.45, 2.75) is 52.5 Å². The van der Waals surface area contributed by atoms with E-state index in [0.717, 1.165) is 12.1 Å². The maximum atomic E-state index is 12.0. The molecule has 0 radical (unpaired) electrons. The van der Waals surface area contributed by atoms with E-state index in [2.05, 4.69) is 43.5 Å². The third-order valence-electron chi connectivity index (χ3n) is 4.42. The van der Waals surface area contributed by atoms with Gasteiger partial charge in [-0.1, -0.05) is 25.8 Å². The van der Waals surface area contributed by atoms with Crippen LogP contribution in [-0.4, -0.2) is 18.5 Å². The highest BCUT2D eigenvalue weighted by atomic mass is 16.1. The lowest BCUT2D eigenvalue weighted by atomic mass is 9.86. The Morgan fingerprint density at radius 1 is 1.20 bits per heavy atom. The molecule has 1 fully saturated rings. The predicted octanol–water partition coefficient (Wildman–Crippen LogP) is 3.41. The van der Waals surface area contributed by atoms with Crippen molar-refractivity contribution in [2.75, 3.05) is 11.9 Å². The summed E-state index contributed by atoms with van der Waals surface area (Å²) in [5.74, 6) is 0.705. The fourth-order valence-corrected chi connectivity index (χ4v) is 2.82. The molecule has 0 bridgehead atoms. The maximum Gasteiger partial charge on any atom is 0.239 e. The van der Waals surface area contributed by atoms with Gasteiger partial charge in [0.1, 0.15) is 0 Å². The van der Waals surface area contributed by atoms with Crippen LogP contribution in [0.2, 0.25) is 0 Å². The van der Waals surface area contributed by atoms with Crippen LogP contribution in [0.5, 0.6) is 0 Å². The molecular formula is C17H26N2O. The maximum absolute atomic E-state index is 12.0. The van der Waals surface area contributed by atoms with Gasteiger partial charge in [-0.3, -0.25) is 4.79 Å². The van der Waals surface area contributed by atoms with Crippen LogP contribution in [0.4, 0.5) is 5.69 Å². The Bertz CT molecular complexity index is 470. The first kappa shape index (κ1) is 14.9. The Morgan fingerprint density at radius 3 is 2.65 bits per heavy atom. The van der Waals surface area contributed by atoms with E-state index >= 15 is 0 Å². The summed E-state index contributed by atoms with van der Waals surface area (Å²) in [5, 5.41) is 6.37. The summed E-state index contributed by atoms with van der Waals surface area (Å²) < 4.78 is 0. The van der Waals surface area contributed by atoms with Crippen molar-refractivity contribution in [1.82, 2.24) is 5.32 Å². The SMILES string of the molecule is Cc1ccc(NCC(=O)NC2CCCCC2C)cc1C. The number of nitrogens with one attached hydrogen (secondary N) is 2. The normalized spacial score (nSPS) is 22.4. The molecule has 0 aliphatic heterocycles. The standard InChI is InChI=1S/C17H26N2O/c1-12-8-9-15(10-14(12)3)18-11-17(20)19-16-7-5-4-6-13(16)2/h8-10,13,16,18H,4-7,11H2,1-3H3,(H,19,20). The average Bonchev–Trinajstić information content (AvgIpc) is 2.43. The third-order valence-corrected chi connectivity index (χ3v) is 4.42. The van der Waals surface area contributed by atoms with E-state index in [0.29, 0.717) is 18.5 Å². The van der Waals surface area contributed by atoms with E-state index in [1.807, 2.05) is 6.07 Å². The van der Waals surface area contributed by atoms with Gasteiger partial charge in [-0.05, 0) is 55.9 Å². The highest BCUT2D eigenvalue weighted by molar-refractivity contribution is 5.81. The number of aryl methyl sites for hydroxylation is 2. The lowest BCUT2D eigenvalue weighted by Gasteiger charge is -2.29. The lowest BCUT2D eigenvalue weighted by molar-refractivity contribution is -0.120. The van der Waals surface area contributed by atoms with Gasteiger partial charge in [0.25, 0.3) is 0 Å². The minimum Gasteiger partial charge on any atom is -0.376 e. The zero-order valence-electron chi connectivity index (χ0n) is 12.8. The molecule has 2 rings (SSSR count). The number of anilines is 1. The van der Waals surface area contributed by atoms with Crippen LogP contribution >= 0.6 is 0 Å². The summed E-state index contributed by atoms with van der Waals surface area (Å²) in [5.41, 5.74) is 3.53. The number of hydrogen-bond donors (Lipinski definition) is 2. The fraction of sp³-hybridized carbons (Fsp3) is 0.588. The van der Waals surface area contributed by atoms with Gasteiger partial charge < -0.3 is 10.6 Å².